The van der Waals surface area contributed by atoms with Gasteiger partial charge in [0.25, 0.3) is 5.91 Å². The van der Waals surface area contributed by atoms with Gasteiger partial charge in [-0.1, -0.05) is 6.07 Å². The molecule has 5 heteroatoms. The summed E-state index contributed by atoms with van der Waals surface area (Å²) >= 11 is 0. The maximum absolute atomic E-state index is 12.5. The second-order valence-electron chi connectivity index (χ2n) is 6.12. The Balaban J connectivity index is 1.74. The lowest BCUT2D eigenvalue weighted by Crippen LogP contribution is -2.29. The smallest absolute Gasteiger partial charge is 0.255 e. The van der Waals surface area contributed by atoms with Gasteiger partial charge >= 0.3 is 0 Å². The minimum atomic E-state index is -0.170. The first-order chi connectivity index (χ1) is 12.2. The van der Waals surface area contributed by atoms with Gasteiger partial charge in [-0.15, -0.1) is 0 Å². The molecule has 5 nitrogen and oxygen atoms in total. The number of anilines is 2. The number of piperidine rings is 1. The number of methoxy groups -OCH3 is 2. The fourth-order valence-electron chi connectivity index (χ4n) is 3.11. The van der Waals surface area contributed by atoms with Gasteiger partial charge in [-0.3, -0.25) is 4.79 Å². The maximum Gasteiger partial charge on any atom is 0.255 e. The van der Waals surface area contributed by atoms with Crippen LogP contribution in [0.25, 0.3) is 0 Å². The zero-order valence-electron chi connectivity index (χ0n) is 14.7. The van der Waals surface area contributed by atoms with Crippen LogP contribution in [-0.2, 0) is 0 Å². The molecule has 0 spiro atoms. The first kappa shape index (κ1) is 17.1. The number of amides is 1. The quantitative estimate of drug-likeness (QED) is 0.895. The fourth-order valence-corrected chi connectivity index (χ4v) is 3.11. The van der Waals surface area contributed by atoms with Crippen molar-refractivity contribution in [3.8, 4) is 11.5 Å². The summed E-state index contributed by atoms with van der Waals surface area (Å²) in [7, 11) is 3.13. The van der Waals surface area contributed by atoms with Gasteiger partial charge in [-0.2, -0.15) is 0 Å². The molecule has 0 radical (unpaired) electrons. The Hall–Kier alpha value is -2.69. The molecule has 132 valence electrons. The van der Waals surface area contributed by atoms with Crippen molar-refractivity contribution in [2.24, 2.45) is 0 Å². The number of hydrogen-bond acceptors (Lipinski definition) is 4. The molecule has 2 aromatic carbocycles. The van der Waals surface area contributed by atoms with Crippen LogP contribution in [0, 0.1) is 0 Å². The van der Waals surface area contributed by atoms with E-state index in [1.54, 1.807) is 32.4 Å². The van der Waals surface area contributed by atoms with Crippen molar-refractivity contribution in [1.29, 1.82) is 0 Å². The molecule has 1 aliphatic rings. The Kier molecular flexibility index (Phi) is 5.43. The molecule has 0 aromatic heterocycles. The molecule has 1 heterocycles. The van der Waals surface area contributed by atoms with Crippen molar-refractivity contribution in [1.82, 2.24) is 0 Å². The highest BCUT2D eigenvalue weighted by atomic mass is 16.5. The zero-order valence-corrected chi connectivity index (χ0v) is 14.7. The molecule has 2 aromatic rings. The van der Waals surface area contributed by atoms with Gasteiger partial charge in [-0.05, 0) is 55.7 Å². The Morgan fingerprint density at radius 3 is 2.44 bits per heavy atom. The Bertz CT molecular complexity index is 739. The topological polar surface area (TPSA) is 50.8 Å². The van der Waals surface area contributed by atoms with E-state index in [9.17, 15) is 4.79 Å². The van der Waals surface area contributed by atoms with Gasteiger partial charge in [0.2, 0.25) is 0 Å². The van der Waals surface area contributed by atoms with E-state index < -0.39 is 0 Å². The van der Waals surface area contributed by atoms with Crippen molar-refractivity contribution in [3.05, 3.63) is 48.0 Å². The molecular weight excluding hydrogens is 316 g/mol. The van der Waals surface area contributed by atoms with Crippen LogP contribution in [0.2, 0.25) is 0 Å². The lowest BCUT2D eigenvalue weighted by molar-refractivity contribution is 0.102. The van der Waals surface area contributed by atoms with Gasteiger partial charge in [0.15, 0.2) is 11.5 Å². The van der Waals surface area contributed by atoms with E-state index in [0.717, 1.165) is 24.5 Å². The molecule has 25 heavy (non-hydrogen) atoms. The van der Waals surface area contributed by atoms with Crippen LogP contribution in [0.1, 0.15) is 29.6 Å². The normalized spacial score (nSPS) is 14.1. The van der Waals surface area contributed by atoms with Crippen molar-refractivity contribution < 1.29 is 14.3 Å². The van der Waals surface area contributed by atoms with Gasteiger partial charge in [-0.25, -0.2) is 0 Å². The van der Waals surface area contributed by atoms with Gasteiger partial charge < -0.3 is 19.7 Å². The van der Waals surface area contributed by atoms with Crippen molar-refractivity contribution >= 4 is 17.3 Å². The highest BCUT2D eigenvalue weighted by Crippen LogP contribution is 2.28. The summed E-state index contributed by atoms with van der Waals surface area (Å²) in [6, 6.07) is 13.2. The fraction of sp³-hybridized carbons (Fsp3) is 0.350. The molecule has 0 unspecified atom stereocenters. The van der Waals surface area contributed by atoms with E-state index in [1.165, 1.54) is 19.3 Å². The minimum absolute atomic E-state index is 0.170. The summed E-state index contributed by atoms with van der Waals surface area (Å²) in [4.78, 5) is 14.9. The summed E-state index contributed by atoms with van der Waals surface area (Å²) in [6.07, 6.45) is 3.75. The highest BCUT2D eigenvalue weighted by molar-refractivity contribution is 6.04. The van der Waals surface area contributed by atoms with Gasteiger partial charge in [0.05, 0.1) is 14.2 Å². The van der Waals surface area contributed by atoms with Crippen LogP contribution in [0.5, 0.6) is 11.5 Å². The second kappa shape index (κ2) is 7.92. The lowest BCUT2D eigenvalue weighted by atomic mass is 10.1. The van der Waals surface area contributed by atoms with E-state index in [4.69, 9.17) is 9.47 Å². The molecule has 0 saturated carbocycles. The first-order valence-corrected chi connectivity index (χ1v) is 8.59. The van der Waals surface area contributed by atoms with E-state index in [1.807, 2.05) is 18.2 Å². The zero-order chi connectivity index (χ0) is 17.6. The van der Waals surface area contributed by atoms with Crippen LogP contribution in [0.15, 0.2) is 42.5 Å². The number of rotatable bonds is 5. The van der Waals surface area contributed by atoms with Crippen LogP contribution in [-0.4, -0.2) is 33.2 Å². The first-order valence-electron chi connectivity index (χ1n) is 8.59. The predicted octanol–water partition coefficient (Wildman–Crippen LogP) is 3.95. The third-order valence-electron chi connectivity index (χ3n) is 4.47. The molecule has 1 fully saturated rings. The monoisotopic (exact) mass is 340 g/mol. The van der Waals surface area contributed by atoms with E-state index in [2.05, 4.69) is 16.3 Å². The van der Waals surface area contributed by atoms with Gasteiger partial charge in [0, 0.05) is 30.0 Å². The number of carbonyl (C=O) groups excluding carboxylic acids is 1. The van der Waals surface area contributed by atoms with Crippen LogP contribution < -0.4 is 19.7 Å². The average Bonchev–Trinajstić information content (AvgIpc) is 2.68. The number of ether oxygens (including phenoxy) is 2. The van der Waals surface area contributed by atoms with Crippen molar-refractivity contribution in [2.45, 2.75) is 19.3 Å². The standard InChI is InChI=1S/C20H24N2O3/c1-24-18-10-9-15(13-19(18)25-2)20(23)21-16-7-6-8-17(14-16)22-11-4-3-5-12-22/h6-10,13-14H,3-5,11-12H2,1-2H3,(H,21,23). The molecule has 1 amide bonds. The third kappa shape index (κ3) is 4.05. The summed E-state index contributed by atoms with van der Waals surface area (Å²) in [5, 5.41) is 2.96. The average molecular weight is 340 g/mol. The number of carbonyl (C=O) groups is 1. The molecule has 3 rings (SSSR count). The van der Waals surface area contributed by atoms with Crippen molar-refractivity contribution in [2.75, 3.05) is 37.5 Å². The van der Waals surface area contributed by atoms with Crippen LogP contribution >= 0.6 is 0 Å². The largest absolute Gasteiger partial charge is 0.493 e. The summed E-state index contributed by atoms with van der Waals surface area (Å²) in [6.45, 7) is 2.15. The summed E-state index contributed by atoms with van der Waals surface area (Å²) in [5.74, 6) is 0.972. The SMILES string of the molecule is COc1ccc(C(=O)Nc2cccc(N3CCCCC3)c2)cc1OC. The van der Waals surface area contributed by atoms with E-state index in [0.29, 0.717) is 17.1 Å². The number of nitrogens with zero attached hydrogens (tertiary/aromatic N) is 1. The maximum atomic E-state index is 12.5. The Morgan fingerprint density at radius 1 is 0.960 bits per heavy atom. The molecule has 0 atom stereocenters. The van der Waals surface area contributed by atoms with E-state index in [-0.39, 0.29) is 5.91 Å². The molecule has 1 saturated heterocycles. The van der Waals surface area contributed by atoms with Gasteiger partial charge in [0.1, 0.15) is 0 Å². The second-order valence-corrected chi connectivity index (χ2v) is 6.12. The Morgan fingerprint density at radius 2 is 1.72 bits per heavy atom. The van der Waals surface area contributed by atoms with Crippen LogP contribution in [0.4, 0.5) is 11.4 Å². The van der Waals surface area contributed by atoms with E-state index >= 15 is 0 Å². The molecule has 0 bridgehead atoms. The molecule has 0 aliphatic carbocycles. The number of benzene rings is 2. The predicted molar refractivity (Wildman–Crippen MR) is 100 cm³/mol. The minimum Gasteiger partial charge on any atom is -0.493 e. The summed E-state index contributed by atoms with van der Waals surface area (Å²) < 4.78 is 10.5. The molecule has 1 N–H and O–H groups in total. The lowest BCUT2D eigenvalue weighted by Gasteiger charge is -2.29. The number of hydrogen-bond donors (Lipinski definition) is 1. The molecule has 1 aliphatic heterocycles. The number of nitrogens with one attached hydrogen (secondary N) is 1. The van der Waals surface area contributed by atoms with Crippen LogP contribution in [0.3, 0.4) is 0 Å². The summed E-state index contributed by atoms with van der Waals surface area (Å²) in [5.41, 5.74) is 2.48. The molecular formula is C20H24N2O3. The van der Waals surface area contributed by atoms with Crippen molar-refractivity contribution in [3.63, 3.8) is 0 Å². The third-order valence-corrected chi connectivity index (χ3v) is 4.47. The highest BCUT2D eigenvalue weighted by Gasteiger charge is 2.13. The Labute approximate surface area is 148 Å².